The zero-order valence-electron chi connectivity index (χ0n) is 5.80. The predicted molar refractivity (Wildman–Crippen MR) is 36.0 cm³/mol. The lowest BCUT2D eigenvalue weighted by Crippen LogP contribution is -2.09. The second-order valence-corrected chi connectivity index (χ2v) is 2.08. The minimum atomic E-state index is -1.12. The molecule has 56 valence electrons. The first-order chi connectivity index (χ1) is 4.27. The van der Waals surface area contributed by atoms with Crippen molar-refractivity contribution in [3.05, 3.63) is 0 Å². The minimum absolute atomic E-state index is 0.488. The molecule has 0 aliphatic heterocycles. The first-order valence-corrected chi connectivity index (χ1v) is 3.28. The van der Waals surface area contributed by atoms with Gasteiger partial charge in [-0.15, -0.1) is 0 Å². The molecular formula is C6H15NO2. The Morgan fingerprint density at radius 3 is 2.44 bits per heavy atom. The number of aliphatic hydroxyl groups is 2. The Hall–Kier alpha value is -0.120. The van der Waals surface area contributed by atoms with Crippen LogP contribution in [-0.2, 0) is 0 Å². The summed E-state index contributed by atoms with van der Waals surface area (Å²) in [4.78, 5) is 0. The smallest absolute Gasteiger partial charge is 0.151 e. The average molecular weight is 133 g/mol. The molecule has 0 rings (SSSR count). The van der Waals surface area contributed by atoms with E-state index in [2.05, 4.69) is 5.32 Å². The van der Waals surface area contributed by atoms with Crippen molar-refractivity contribution in [3.8, 4) is 0 Å². The SMILES string of the molecule is CNCCCCC(O)O. The van der Waals surface area contributed by atoms with Crippen molar-refractivity contribution >= 4 is 0 Å². The zero-order valence-corrected chi connectivity index (χ0v) is 5.80. The highest BCUT2D eigenvalue weighted by Crippen LogP contribution is 1.95. The highest BCUT2D eigenvalue weighted by Gasteiger charge is 1.94. The number of nitrogens with one attached hydrogen (secondary N) is 1. The van der Waals surface area contributed by atoms with Gasteiger partial charge in [-0.05, 0) is 32.9 Å². The molecule has 0 aliphatic rings. The predicted octanol–water partition coefficient (Wildman–Crippen LogP) is -0.313. The van der Waals surface area contributed by atoms with E-state index in [9.17, 15) is 0 Å². The summed E-state index contributed by atoms with van der Waals surface area (Å²) in [6.07, 6.45) is 1.25. The van der Waals surface area contributed by atoms with Gasteiger partial charge in [-0.1, -0.05) is 0 Å². The van der Waals surface area contributed by atoms with Crippen molar-refractivity contribution in [3.63, 3.8) is 0 Å². The molecule has 0 unspecified atom stereocenters. The molecule has 0 saturated heterocycles. The molecule has 0 heterocycles. The summed E-state index contributed by atoms with van der Waals surface area (Å²) in [5.74, 6) is 0. The molecule has 0 aromatic carbocycles. The Bertz CT molecular complexity index is 57.0. The van der Waals surface area contributed by atoms with Crippen LogP contribution in [0, 0.1) is 0 Å². The zero-order chi connectivity index (χ0) is 7.11. The maximum Gasteiger partial charge on any atom is 0.151 e. The normalized spacial score (nSPS) is 10.7. The van der Waals surface area contributed by atoms with Crippen molar-refractivity contribution in [2.24, 2.45) is 0 Å². The van der Waals surface area contributed by atoms with Gasteiger partial charge in [0.1, 0.15) is 0 Å². The molecule has 3 heteroatoms. The van der Waals surface area contributed by atoms with Crippen molar-refractivity contribution in [2.75, 3.05) is 13.6 Å². The third-order valence-corrected chi connectivity index (χ3v) is 1.14. The van der Waals surface area contributed by atoms with Gasteiger partial charge in [-0.3, -0.25) is 0 Å². The quantitative estimate of drug-likeness (QED) is 0.356. The van der Waals surface area contributed by atoms with Crippen LogP contribution in [-0.4, -0.2) is 30.1 Å². The van der Waals surface area contributed by atoms with Gasteiger partial charge in [-0.25, -0.2) is 0 Å². The molecule has 0 radical (unpaired) electrons. The van der Waals surface area contributed by atoms with Crippen molar-refractivity contribution in [2.45, 2.75) is 25.6 Å². The number of aliphatic hydroxyl groups excluding tert-OH is 1. The number of rotatable bonds is 5. The molecule has 0 amide bonds. The first-order valence-electron chi connectivity index (χ1n) is 3.28. The Kier molecular flexibility index (Phi) is 5.93. The first kappa shape index (κ1) is 8.88. The van der Waals surface area contributed by atoms with Gasteiger partial charge in [-0.2, -0.15) is 0 Å². The summed E-state index contributed by atoms with van der Waals surface area (Å²) >= 11 is 0. The standard InChI is InChI=1S/C6H15NO2/c1-7-5-3-2-4-6(8)9/h6-9H,2-5H2,1H3. The molecule has 0 spiro atoms. The fourth-order valence-corrected chi connectivity index (χ4v) is 0.629. The number of unbranched alkanes of at least 4 members (excludes halogenated alkanes) is 1. The van der Waals surface area contributed by atoms with Crippen LogP contribution in [0.3, 0.4) is 0 Å². The molecule has 0 bridgehead atoms. The highest BCUT2D eigenvalue weighted by atomic mass is 16.5. The lowest BCUT2D eigenvalue weighted by Gasteiger charge is -2.01. The van der Waals surface area contributed by atoms with E-state index in [0.717, 1.165) is 19.4 Å². The van der Waals surface area contributed by atoms with Gasteiger partial charge >= 0.3 is 0 Å². The van der Waals surface area contributed by atoms with Crippen LogP contribution in [0.4, 0.5) is 0 Å². The van der Waals surface area contributed by atoms with Crippen LogP contribution in [0.5, 0.6) is 0 Å². The fourth-order valence-electron chi connectivity index (χ4n) is 0.629. The van der Waals surface area contributed by atoms with Crippen molar-refractivity contribution < 1.29 is 10.2 Å². The molecule has 9 heavy (non-hydrogen) atoms. The van der Waals surface area contributed by atoms with E-state index in [-0.39, 0.29) is 0 Å². The molecule has 0 aliphatic carbocycles. The van der Waals surface area contributed by atoms with E-state index in [0.29, 0.717) is 6.42 Å². The van der Waals surface area contributed by atoms with Gasteiger partial charge in [0.2, 0.25) is 0 Å². The second kappa shape index (κ2) is 6.01. The van der Waals surface area contributed by atoms with Crippen LogP contribution < -0.4 is 5.32 Å². The van der Waals surface area contributed by atoms with Gasteiger partial charge in [0.05, 0.1) is 0 Å². The third kappa shape index (κ3) is 7.88. The van der Waals surface area contributed by atoms with Gasteiger partial charge < -0.3 is 15.5 Å². The van der Waals surface area contributed by atoms with Crippen LogP contribution in [0.25, 0.3) is 0 Å². The Labute approximate surface area is 55.7 Å². The molecule has 0 saturated carbocycles. The van der Waals surface area contributed by atoms with Crippen molar-refractivity contribution in [1.29, 1.82) is 0 Å². The van der Waals surface area contributed by atoms with Gasteiger partial charge in [0, 0.05) is 0 Å². The van der Waals surface area contributed by atoms with Crippen LogP contribution in [0.15, 0.2) is 0 Å². The van der Waals surface area contributed by atoms with Gasteiger partial charge in [0.15, 0.2) is 6.29 Å². The molecule has 3 N–H and O–H groups in total. The summed E-state index contributed by atoms with van der Waals surface area (Å²) in [7, 11) is 1.88. The fraction of sp³-hybridized carbons (Fsp3) is 1.00. The van der Waals surface area contributed by atoms with E-state index in [1.54, 1.807) is 0 Å². The largest absolute Gasteiger partial charge is 0.368 e. The molecule has 0 aromatic rings. The minimum Gasteiger partial charge on any atom is -0.368 e. The average Bonchev–Trinajstić information content (AvgIpc) is 1.80. The van der Waals surface area contributed by atoms with Gasteiger partial charge in [0.25, 0.3) is 0 Å². The van der Waals surface area contributed by atoms with Crippen LogP contribution in [0.1, 0.15) is 19.3 Å². The third-order valence-electron chi connectivity index (χ3n) is 1.14. The van der Waals surface area contributed by atoms with E-state index < -0.39 is 6.29 Å². The number of hydrogen-bond donors (Lipinski definition) is 3. The lowest BCUT2D eigenvalue weighted by molar-refractivity contribution is -0.0464. The van der Waals surface area contributed by atoms with E-state index in [1.807, 2.05) is 7.05 Å². The number of hydrogen-bond acceptors (Lipinski definition) is 3. The monoisotopic (exact) mass is 133 g/mol. The molecule has 0 atom stereocenters. The molecule has 0 aromatic heterocycles. The summed E-state index contributed by atoms with van der Waals surface area (Å²) in [6, 6.07) is 0. The molecule has 3 nitrogen and oxygen atoms in total. The summed E-state index contributed by atoms with van der Waals surface area (Å²) < 4.78 is 0. The summed E-state index contributed by atoms with van der Waals surface area (Å²) in [6.45, 7) is 0.951. The Morgan fingerprint density at radius 2 is 2.00 bits per heavy atom. The lowest BCUT2D eigenvalue weighted by atomic mass is 10.2. The molecular weight excluding hydrogens is 118 g/mol. The van der Waals surface area contributed by atoms with Crippen molar-refractivity contribution in [1.82, 2.24) is 5.32 Å². The van der Waals surface area contributed by atoms with Crippen LogP contribution in [0.2, 0.25) is 0 Å². The summed E-state index contributed by atoms with van der Waals surface area (Å²) in [5.41, 5.74) is 0. The Morgan fingerprint density at radius 1 is 1.33 bits per heavy atom. The second-order valence-electron chi connectivity index (χ2n) is 2.08. The molecule has 0 fully saturated rings. The highest BCUT2D eigenvalue weighted by molar-refractivity contribution is 4.44. The summed E-state index contributed by atoms with van der Waals surface area (Å²) in [5, 5.41) is 19.8. The Balaban J connectivity index is 2.75. The van der Waals surface area contributed by atoms with E-state index in [4.69, 9.17) is 10.2 Å². The van der Waals surface area contributed by atoms with E-state index in [1.165, 1.54) is 0 Å². The maximum absolute atomic E-state index is 8.39. The van der Waals surface area contributed by atoms with E-state index >= 15 is 0 Å². The topological polar surface area (TPSA) is 52.5 Å². The maximum atomic E-state index is 8.39. The van der Waals surface area contributed by atoms with Crippen LogP contribution >= 0.6 is 0 Å².